The van der Waals surface area contributed by atoms with E-state index >= 15 is 0 Å². The van der Waals surface area contributed by atoms with Gasteiger partial charge in [-0.3, -0.25) is 4.79 Å². The molecule has 0 aliphatic carbocycles. The molecule has 19 heavy (non-hydrogen) atoms. The zero-order valence-corrected chi connectivity index (χ0v) is 10.9. The third-order valence-corrected chi connectivity index (χ3v) is 3.68. The Morgan fingerprint density at radius 1 is 1.47 bits per heavy atom. The quantitative estimate of drug-likeness (QED) is 0.738. The van der Waals surface area contributed by atoms with Gasteiger partial charge in [-0.2, -0.15) is 0 Å². The van der Waals surface area contributed by atoms with Gasteiger partial charge in [0.15, 0.2) is 9.84 Å². The Morgan fingerprint density at radius 2 is 2.05 bits per heavy atom. The highest BCUT2D eigenvalue weighted by Crippen LogP contribution is 2.31. The lowest BCUT2D eigenvalue weighted by Crippen LogP contribution is -2.15. The maximum absolute atomic E-state index is 14.0. The number of rotatable bonds is 5. The molecule has 106 valence electrons. The van der Waals surface area contributed by atoms with Crippen LogP contribution in [0.15, 0.2) is 17.0 Å². The van der Waals surface area contributed by atoms with Crippen LogP contribution < -0.4 is 5.73 Å². The number of sulfone groups is 1. The van der Waals surface area contributed by atoms with Crippen molar-refractivity contribution < 1.29 is 27.8 Å². The molecule has 0 heterocycles. The van der Waals surface area contributed by atoms with E-state index in [2.05, 4.69) is 0 Å². The molecule has 1 unspecified atom stereocenters. The second-order valence-corrected chi connectivity index (χ2v) is 6.08. The fraction of sp³-hybridized carbons (Fsp3) is 0.364. The monoisotopic (exact) mass is 291 g/mol. The summed E-state index contributed by atoms with van der Waals surface area (Å²) in [4.78, 5) is 9.59. The van der Waals surface area contributed by atoms with E-state index in [0.717, 1.165) is 18.4 Å². The van der Waals surface area contributed by atoms with E-state index in [4.69, 9.17) is 10.8 Å². The highest BCUT2D eigenvalue weighted by atomic mass is 32.2. The predicted octanol–water partition coefficient (Wildman–Crippen LogP) is 0.799. The minimum Gasteiger partial charge on any atom is -0.506 e. The second kappa shape index (κ2) is 5.54. The van der Waals surface area contributed by atoms with Gasteiger partial charge in [-0.1, -0.05) is 6.07 Å². The molecular formula is C11H14FNO5S. The molecule has 1 aromatic carbocycles. The van der Waals surface area contributed by atoms with E-state index in [0.29, 0.717) is 0 Å². The molecule has 8 heteroatoms. The minimum absolute atomic E-state index is 0.0414. The van der Waals surface area contributed by atoms with E-state index in [1.165, 1.54) is 0 Å². The summed E-state index contributed by atoms with van der Waals surface area (Å²) in [5.74, 6) is -2.92. The van der Waals surface area contributed by atoms with Gasteiger partial charge in [0, 0.05) is 24.3 Å². The Balaban J connectivity index is 3.21. The molecule has 1 atom stereocenters. The SMILES string of the molecule is CS(=O)(=O)c1c(O)ccc(C(N)CCC(=O)O)c1F. The lowest BCUT2D eigenvalue weighted by atomic mass is 10.0. The fourth-order valence-electron chi connectivity index (χ4n) is 1.63. The summed E-state index contributed by atoms with van der Waals surface area (Å²) in [7, 11) is -3.95. The van der Waals surface area contributed by atoms with Gasteiger partial charge in [-0.25, -0.2) is 12.8 Å². The Hall–Kier alpha value is -1.67. The number of carboxylic acid groups (broad SMARTS) is 1. The average Bonchev–Trinajstić information content (AvgIpc) is 2.24. The smallest absolute Gasteiger partial charge is 0.303 e. The molecule has 0 aliphatic rings. The molecule has 1 rings (SSSR count). The van der Waals surface area contributed by atoms with Crippen LogP contribution in [0.5, 0.6) is 5.75 Å². The Bertz CT molecular complexity index is 599. The van der Waals surface area contributed by atoms with Gasteiger partial charge in [0.05, 0.1) is 0 Å². The van der Waals surface area contributed by atoms with Crippen LogP contribution in [-0.4, -0.2) is 30.9 Å². The predicted molar refractivity (Wildman–Crippen MR) is 65.0 cm³/mol. The van der Waals surface area contributed by atoms with E-state index in [1.807, 2.05) is 0 Å². The summed E-state index contributed by atoms with van der Waals surface area (Å²) in [6.45, 7) is 0. The molecule has 0 amide bonds. The third-order valence-electron chi connectivity index (χ3n) is 2.55. The van der Waals surface area contributed by atoms with Crippen LogP contribution in [0.4, 0.5) is 4.39 Å². The number of aliphatic carboxylic acids is 1. The molecule has 0 radical (unpaired) electrons. The van der Waals surface area contributed by atoms with Crippen molar-refractivity contribution in [3.63, 3.8) is 0 Å². The van der Waals surface area contributed by atoms with Gasteiger partial charge >= 0.3 is 5.97 Å². The van der Waals surface area contributed by atoms with Crippen LogP contribution in [-0.2, 0) is 14.6 Å². The topological polar surface area (TPSA) is 118 Å². The lowest BCUT2D eigenvalue weighted by molar-refractivity contribution is -0.137. The van der Waals surface area contributed by atoms with Crippen molar-refractivity contribution >= 4 is 15.8 Å². The standard InChI is InChI=1S/C11H14FNO5S/c1-19(17,18)11-8(14)4-2-6(10(11)12)7(13)3-5-9(15)16/h2,4,7,14H,3,5,13H2,1H3,(H,15,16). The Kier molecular flexibility index (Phi) is 4.48. The molecule has 0 saturated carbocycles. The Morgan fingerprint density at radius 3 is 2.53 bits per heavy atom. The van der Waals surface area contributed by atoms with Crippen LogP contribution in [0.3, 0.4) is 0 Å². The number of halogens is 1. The summed E-state index contributed by atoms with van der Waals surface area (Å²) in [5, 5.41) is 17.9. The molecular weight excluding hydrogens is 277 g/mol. The number of phenols is 1. The number of phenolic OH excluding ortho intramolecular Hbond substituents is 1. The summed E-state index contributed by atoms with van der Waals surface area (Å²) in [6, 6.07) is 1.21. The molecule has 0 aromatic heterocycles. The highest BCUT2D eigenvalue weighted by Gasteiger charge is 2.24. The van der Waals surface area contributed by atoms with Gasteiger partial charge in [-0.05, 0) is 12.5 Å². The number of carbonyl (C=O) groups is 1. The van der Waals surface area contributed by atoms with Crippen molar-refractivity contribution in [1.82, 2.24) is 0 Å². The van der Waals surface area contributed by atoms with Crippen molar-refractivity contribution in [3.05, 3.63) is 23.5 Å². The van der Waals surface area contributed by atoms with Gasteiger partial charge < -0.3 is 15.9 Å². The summed E-state index contributed by atoms with van der Waals surface area (Å²) in [5.41, 5.74) is 5.49. The van der Waals surface area contributed by atoms with Crippen molar-refractivity contribution in [3.8, 4) is 5.75 Å². The maximum Gasteiger partial charge on any atom is 0.303 e. The van der Waals surface area contributed by atoms with E-state index in [1.54, 1.807) is 0 Å². The van der Waals surface area contributed by atoms with Crippen LogP contribution in [0.1, 0.15) is 24.4 Å². The highest BCUT2D eigenvalue weighted by molar-refractivity contribution is 7.90. The molecule has 0 fully saturated rings. The van der Waals surface area contributed by atoms with Crippen LogP contribution >= 0.6 is 0 Å². The third kappa shape index (κ3) is 3.65. The van der Waals surface area contributed by atoms with Crippen molar-refractivity contribution in [2.24, 2.45) is 5.73 Å². The zero-order chi connectivity index (χ0) is 14.8. The fourth-order valence-corrected chi connectivity index (χ4v) is 2.53. The van der Waals surface area contributed by atoms with Crippen LogP contribution in [0.25, 0.3) is 0 Å². The number of hydrogen-bond acceptors (Lipinski definition) is 5. The van der Waals surface area contributed by atoms with Gasteiger partial charge in [0.2, 0.25) is 0 Å². The van der Waals surface area contributed by atoms with E-state index < -0.39 is 38.3 Å². The number of carboxylic acids is 1. The molecule has 4 N–H and O–H groups in total. The molecule has 0 bridgehead atoms. The average molecular weight is 291 g/mol. The normalized spacial score (nSPS) is 13.2. The molecule has 0 spiro atoms. The van der Waals surface area contributed by atoms with Gasteiger partial charge in [0.1, 0.15) is 16.5 Å². The van der Waals surface area contributed by atoms with Gasteiger partial charge in [0.25, 0.3) is 0 Å². The Labute approximate surface area is 109 Å². The first-order chi connectivity index (χ1) is 8.64. The summed E-state index contributed by atoms with van der Waals surface area (Å²) < 4.78 is 36.8. The first-order valence-corrected chi connectivity index (χ1v) is 7.22. The molecule has 0 saturated heterocycles. The number of nitrogens with two attached hydrogens (primary N) is 1. The number of benzene rings is 1. The maximum atomic E-state index is 14.0. The largest absolute Gasteiger partial charge is 0.506 e. The summed E-state index contributed by atoms with van der Waals surface area (Å²) in [6.07, 6.45) is 0.452. The lowest BCUT2D eigenvalue weighted by Gasteiger charge is -2.14. The molecule has 0 aliphatic heterocycles. The van der Waals surface area contributed by atoms with Crippen molar-refractivity contribution in [2.75, 3.05) is 6.26 Å². The first kappa shape index (κ1) is 15.4. The van der Waals surface area contributed by atoms with E-state index in [-0.39, 0.29) is 18.4 Å². The first-order valence-electron chi connectivity index (χ1n) is 5.33. The van der Waals surface area contributed by atoms with Crippen LogP contribution in [0, 0.1) is 5.82 Å². The van der Waals surface area contributed by atoms with E-state index in [9.17, 15) is 22.7 Å². The summed E-state index contributed by atoms with van der Waals surface area (Å²) >= 11 is 0. The van der Waals surface area contributed by atoms with Crippen molar-refractivity contribution in [2.45, 2.75) is 23.8 Å². The molecule has 1 aromatic rings. The number of hydrogen-bond donors (Lipinski definition) is 3. The number of aromatic hydroxyl groups is 1. The van der Waals surface area contributed by atoms with Crippen molar-refractivity contribution in [1.29, 1.82) is 0 Å². The van der Waals surface area contributed by atoms with Crippen LogP contribution in [0.2, 0.25) is 0 Å². The molecule has 6 nitrogen and oxygen atoms in total. The van der Waals surface area contributed by atoms with Gasteiger partial charge in [-0.15, -0.1) is 0 Å². The zero-order valence-electron chi connectivity index (χ0n) is 10.1. The second-order valence-electron chi connectivity index (χ2n) is 4.13. The minimum atomic E-state index is -3.95.